The number of halogens is 4. The van der Waals surface area contributed by atoms with Gasteiger partial charge in [0, 0.05) is 6.21 Å². The maximum Gasteiger partial charge on any atom is 0.196 e. The van der Waals surface area contributed by atoms with Crippen LogP contribution in [0, 0.1) is 23.3 Å². The lowest BCUT2D eigenvalue weighted by Crippen LogP contribution is -1.90. The molecule has 0 aliphatic carbocycles. The van der Waals surface area contributed by atoms with E-state index in [0.717, 1.165) is 12.1 Å². The van der Waals surface area contributed by atoms with Crippen LogP contribution in [-0.2, 0) is 0 Å². The predicted molar refractivity (Wildman–Crippen MR) is 60.0 cm³/mol. The molecule has 92 valence electrons. The summed E-state index contributed by atoms with van der Waals surface area (Å²) in [6.07, 6.45) is 1.23. The Balaban J connectivity index is 2.29. The third-order valence-corrected chi connectivity index (χ3v) is 2.24. The molecule has 0 bridgehead atoms. The topological polar surface area (TPSA) is 12.4 Å². The van der Waals surface area contributed by atoms with Crippen LogP contribution in [0.4, 0.5) is 23.2 Å². The van der Waals surface area contributed by atoms with Crippen LogP contribution >= 0.6 is 0 Å². The van der Waals surface area contributed by atoms with Gasteiger partial charge in [-0.2, -0.15) is 0 Å². The quantitative estimate of drug-likeness (QED) is 0.436. The highest BCUT2D eigenvalue weighted by Gasteiger charge is 2.12. The number of hydrogen-bond donors (Lipinski definition) is 0. The summed E-state index contributed by atoms with van der Waals surface area (Å²) in [5, 5.41) is 0. The van der Waals surface area contributed by atoms with Crippen molar-refractivity contribution in [2.75, 3.05) is 0 Å². The average Bonchev–Trinajstić information content (AvgIpc) is 2.37. The smallest absolute Gasteiger partial charge is 0.196 e. The van der Waals surface area contributed by atoms with E-state index >= 15 is 0 Å². The third-order valence-electron chi connectivity index (χ3n) is 2.24. The molecule has 0 aliphatic heterocycles. The van der Waals surface area contributed by atoms with Gasteiger partial charge in [0.25, 0.3) is 0 Å². The molecule has 0 radical (unpaired) electrons. The summed E-state index contributed by atoms with van der Waals surface area (Å²) >= 11 is 0. The fourth-order valence-corrected chi connectivity index (χ4v) is 1.31. The van der Waals surface area contributed by atoms with Gasteiger partial charge in [-0.15, -0.1) is 0 Å². The molecule has 0 amide bonds. The molecule has 0 heterocycles. The summed E-state index contributed by atoms with van der Waals surface area (Å²) in [7, 11) is 0. The molecule has 0 atom stereocenters. The lowest BCUT2D eigenvalue weighted by atomic mass is 10.2. The number of rotatable bonds is 2. The Bertz CT molecular complexity index is 591. The molecule has 2 aromatic carbocycles. The summed E-state index contributed by atoms with van der Waals surface area (Å²) in [5.74, 6) is -4.60. The van der Waals surface area contributed by atoms with Crippen molar-refractivity contribution in [1.82, 2.24) is 0 Å². The number of hydrogen-bond acceptors (Lipinski definition) is 1. The van der Waals surface area contributed by atoms with Gasteiger partial charge < -0.3 is 0 Å². The van der Waals surface area contributed by atoms with Crippen molar-refractivity contribution in [1.29, 1.82) is 0 Å². The van der Waals surface area contributed by atoms with Gasteiger partial charge in [-0.1, -0.05) is 12.1 Å². The van der Waals surface area contributed by atoms with E-state index in [1.54, 1.807) is 0 Å². The number of aliphatic imine (C=N–C) groups is 1. The van der Waals surface area contributed by atoms with Gasteiger partial charge in [-0.05, 0) is 29.8 Å². The zero-order valence-corrected chi connectivity index (χ0v) is 9.00. The summed E-state index contributed by atoms with van der Waals surface area (Å²) < 4.78 is 51.4. The van der Waals surface area contributed by atoms with Crippen LogP contribution in [0.3, 0.4) is 0 Å². The molecular weight excluding hydrogens is 246 g/mol. The van der Waals surface area contributed by atoms with Crippen LogP contribution < -0.4 is 0 Å². The van der Waals surface area contributed by atoms with Crippen molar-refractivity contribution in [2.24, 2.45) is 4.99 Å². The fraction of sp³-hybridized carbons (Fsp3) is 0. The van der Waals surface area contributed by atoms with Crippen LogP contribution in [0.5, 0.6) is 0 Å². The first-order valence-corrected chi connectivity index (χ1v) is 5.01. The molecule has 0 saturated carbocycles. The molecule has 18 heavy (non-hydrogen) atoms. The van der Waals surface area contributed by atoms with Crippen LogP contribution in [0.15, 0.2) is 41.4 Å². The Morgan fingerprint density at radius 3 is 2.11 bits per heavy atom. The molecule has 1 nitrogen and oxygen atoms in total. The van der Waals surface area contributed by atoms with E-state index in [4.69, 9.17) is 0 Å². The van der Waals surface area contributed by atoms with Crippen LogP contribution in [-0.4, -0.2) is 6.21 Å². The van der Waals surface area contributed by atoms with E-state index in [1.807, 2.05) is 0 Å². The van der Waals surface area contributed by atoms with E-state index in [9.17, 15) is 17.6 Å². The van der Waals surface area contributed by atoms with Crippen LogP contribution in [0.1, 0.15) is 5.56 Å². The summed E-state index contributed by atoms with van der Waals surface area (Å²) in [4.78, 5) is 3.68. The van der Waals surface area contributed by atoms with Gasteiger partial charge in [0.05, 0.1) is 0 Å². The van der Waals surface area contributed by atoms with Crippen LogP contribution in [0.2, 0.25) is 0 Å². The lowest BCUT2D eigenvalue weighted by molar-refractivity contribution is 0.448. The van der Waals surface area contributed by atoms with Gasteiger partial charge in [0.1, 0.15) is 11.5 Å². The van der Waals surface area contributed by atoms with Gasteiger partial charge in [0.15, 0.2) is 17.5 Å². The second-order valence-electron chi connectivity index (χ2n) is 3.50. The first-order chi connectivity index (χ1) is 8.58. The minimum absolute atomic E-state index is 0.321. The molecule has 0 unspecified atom stereocenters. The Hall–Kier alpha value is -2.17. The van der Waals surface area contributed by atoms with E-state index in [-0.39, 0.29) is 5.69 Å². The molecule has 0 aromatic heterocycles. The highest BCUT2D eigenvalue weighted by Crippen LogP contribution is 2.22. The zero-order chi connectivity index (χ0) is 13.1. The van der Waals surface area contributed by atoms with E-state index in [0.29, 0.717) is 5.56 Å². The van der Waals surface area contributed by atoms with E-state index in [2.05, 4.69) is 4.99 Å². The van der Waals surface area contributed by atoms with Gasteiger partial charge >= 0.3 is 0 Å². The molecule has 0 aliphatic rings. The molecule has 2 rings (SSSR count). The first kappa shape index (κ1) is 12.3. The van der Waals surface area contributed by atoms with Crippen molar-refractivity contribution < 1.29 is 17.6 Å². The maximum atomic E-state index is 13.2. The Morgan fingerprint density at radius 1 is 0.778 bits per heavy atom. The zero-order valence-electron chi connectivity index (χ0n) is 9.00. The number of benzene rings is 2. The van der Waals surface area contributed by atoms with Crippen molar-refractivity contribution in [3.8, 4) is 0 Å². The third kappa shape index (κ3) is 2.56. The fourth-order valence-electron chi connectivity index (χ4n) is 1.31. The second-order valence-corrected chi connectivity index (χ2v) is 3.50. The van der Waals surface area contributed by atoms with E-state index < -0.39 is 23.3 Å². The largest absolute Gasteiger partial charge is 0.253 e. The minimum Gasteiger partial charge on any atom is -0.253 e. The standard InChI is InChI=1S/C13H7F4N/c14-9-3-1-8(2-4-9)7-18-11-6-5-10(15)12(16)13(11)17/h1-7H. The van der Waals surface area contributed by atoms with Crippen molar-refractivity contribution in [2.45, 2.75) is 0 Å². The molecular formula is C13H7F4N. The monoisotopic (exact) mass is 253 g/mol. The molecule has 0 saturated heterocycles. The Labute approximate surface area is 100 Å². The summed E-state index contributed by atoms with van der Waals surface area (Å²) in [5.41, 5.74) is 0.193. The molecule has 5 heteroatoms. The molecule has 0 spiro atoms. The maximum absolute atomic E-state index is 13.2. The van der Waals surface area contributed by atoms with Gasteiger partial charge in [-0.3, -0.25) is 4.99 Å². The van der Waals surface area contributed by atoms with Crippen molar-refractivity contribution >= 4 is 11.9 Å². The highest BCUT2D eigenvalue weighted by atomic mass is 19.2. The lowest BCUT2D eigenvalue weighted by Gasteiger charge is -1.99. The average molecular weight is 253 g/mol. The molecule has 0 fully saturated rings. The highest BCUT2D eigenvalue weighted by molar-refractivity contribution is 5.81. The van der Waals surface area contributed by atoms with Crippen LogP contribution in [0.25, 0.3) is 0 Å². The predicted octanol–water partition coefficient (Wildman–Crippen LogP) is 3.99. The Kier molecular flexibility index (Phi) is 3.41. The summed E-state index contributed by atoms with van der Waals surface area (Å²) in [6.45, 7) is 0. The SMILES string of the molecule is Fc1ccc(C=Nc2ccc(F)c(F)c2F)cc1. The van der Waals surface area contributed by atoms with Gasteiger partial charge in [0.2, 0.25) is 0 Å². The van der Waals surface area contributed by atoms with Crippen molar-refractivity contribution in [3.05, 3.63) is 65.2 Å². The molecule has 0 N–H and O–H groups in total. The van der Waals surface area contributed by atoms with E-state index in [1.165, 1.54) is 30.5 Å². The van der Waals surface area contributed by atoms with Crippen molar-refractivity contribution in [3.63, 3.8) is 0 Å². The normalized spacial score (nSPS) is 11.1. The van der Waals surface area contributed by atoms with Gasteiger partial charge in [-0.25, -0.2) is 17.6 Å². The number of nitrogens with zero attached hydrogens (tertiary/aromatic N) is 1. The second kappa shape index (κ2) is 5.00. The summed E-state index contributed by atoms with van der Waals surface area (Å²) in [6, 6.07) is 7.09. The first-order valence-electron chi connectivity index (χ1n) is 5.01. The minimum atomic E-state index is -1.57. The molecule has 2 aromatic rings. The Morgan fingerprint density at radius 2 is 1.44 bits per heavy atom.